The lowest BCUT2D eigenvalue weighted by Gasteiger charge is -2.29. The molecule has 0 aliphatic heterocycles. The lowest BCUT2D eigenvalue weighted by atomic mass is 9.84. The van der Waals surface area contributed by atoms with E-state index < -0.39 is 0 Å². The van der Waals surface area contributed by atoms with Crippen LogP contribution in [0.3, 0.4) is 0 Å². The summed E-state index contributed by atoms with van der Waals surface area (Å²) in [7, 11) is 1.99. The van der Waals surface area contributed by atoms with Crippen molar-refractivity contribution in [2.75, 3.05) is 6.54 Å². The molecule has 0 unspecified atom stereocenters. The molecular weight excluding hydrogens is 286 g/mol. The number of rotatable bonds is 5. The van der Waals surface area contributed by atoms with Gasteiger partial charge >= 0.3 is 0 Å². The van der Waals surface area contributed by atoms with E-state index in [-0.39, 0.29) is 0 Å². The molecule has 0 aromatic carbocycles. The molecule has 0 atom stereocenters. The van der Waals surface area contributed by atoms with Crippen LogP contribution in [0.4, 0.5) is 0 Å². The van der Waals surface area contributed by atoms with Crippen LogP contribution in [-0.2, 0) is 13.6 Å². The molecule has 5 nitrogen and oxygen atoms in total. The van der Waals surface area contributed by atoms with Crippen molar-refractivity contribution in [3.8, 4) is 0 Å². The molecule has 0 radical (unpaired) electrons. The Hall–Kier alpha value is -1.52. The lowest BCUT2D eigenvalue weighted by Crippen LogP contribution is -2.44. The molecule has 0 amide bonds. The van der Waals surface area contributed by atoms with Crippen LogP contribution in [0.1, 0.15) is 62.9 Å². The van der Waals surface area contributed by atoms with Crippen LogP contribution in [0.15, 0.2) is 4.99 Å². The second-order valence-corrected chi connectivity index (χ2v) is 6.74. The molecule has 1 aliphatic carbocycles. The Morgan fingerprint density at radius 2 is 1.91 bits per heavy atom. The highest BCUT2D eigenvalue weighted by atomic mass is 15.3. The monoisotopic (exact) mass is 319 g/mol. The first kappa shape index (κ1) is 17.8. The van der Waals surface area contributed by atoms with E-state index in [0.717, 1.165) is 24.1 Å². The van der Waals surface area contributed by atoms with Crippen molar-refractivity contribution < 1.29 is 0 Å². The quantitative estimate of drug-likeness (QED) is 0.648. The average molecular weight is 319 g/mol. The highest BCUT2D eigenvalue weighted by Crippen LogP contribution is 2.26. The molecule has 2 rings (SSSR count). The summed E-state index contributed by atoms with van der Waals surface area (Å²) < 4.78 is 1.94. The zero-order valence-electron chi connectivity index (χ0n) is 15.4. The SMILES string of the molecule is CCNC(=NCc1c(C)nn(C)c1C)NC1CCC(CC)CC1. The minimum atomic E-state index is 0.562. The van der Waals surface area contributed by atoms with Gasteiger partial charge in [-0.05, 0) is 52.4 Å². The largest absolute Gasteiger partial charge is 0.357 e. The van der Waals surface area contributed by atoms with Gasteiger partial charge in [0.2, 0.25) is 0 Å². The summed E-state index contributed by atoms with van der Waals surface area (Å²) in [5, 5.41) is 11.5. The van der Waals surface area contributed by atoms with Gasteiger partial charge in [0.05, 0.1) is 12.2 Å². The highest BCUT2D eigenvalue weighted by Gasteiger charge is 2.20. The number of aryl methyl sites for hydroxylation is 2. The van der Waals surface area contributed by atoms with Gasteiger partial charge < -0.3 is 10.6 Å². The van der Waals surface area contributed by atoms with Crippen molar-refractivity contribution in [2.45, 2.75) is 72.4 Å². The average Bonchev–Trinajstić information content (AvgIpc) is 2.79. The third-order valence-electron chi connectivity index (χ3n) is 5.16. The van der Waals surface area contributed by atoms with Gasteiger partial charge in [-0.15, -0.1) is 0 Å². The van der Waals surface area contributed by atoms with Gasteiger partial charge in [-0.3, -0.25) is 4.68 Å². The zero-order valence-corrected chi connectivity index (χ0v) is 15.4. The Morgan fingerprint density at radius 3 is 2.43 bits per heavy atom. The van der Waals surface area contributed by atoms with Gasteiger partial charge in [-0.1, -0.05) is 13.3 Å². The van der Waals surface area contributed by atoms with Crippen molar-refractivity contribution in [2.24, 2.45) is 18.0 Å². The maximum atomic E-state index is 4.79. The highest BCUT2D eigenvalue weighted by molar-refractivity contribution is 5.80. The minimum Gasteiger partial charge on any atom is -0.357 e. The van der Waals surface area contributed by atoms with Crippen molar-refractivity contribution in [3.05, 3.63) is 17.0 Å². The van der Waals surface area contributed by atoms with E-state index in [9.17, 15) is 0 Å². The smallest absolute Gasteiger partial charge is 0.191 e. The topological polar surface area (TPSA) is 54.2 Å². The fourth-order valence-corrected chi connectivity index (χ4v) is 3.43. The molecule has 1 aromatic rings. The summed E-state index contributed by atoms with van der Waals surface area (Å²) >= 11 is 0. The molecule has 1 aromatic heterocycles. The number of nitrogens with one attached hydrogen (secondary N) is 2. The van der Waals surface area contributed by atoms with Crippen LogP contribution in [-0.4, -0.2) is 28.3 Å². The summed E-state index contributed by atoms with van der Waals surface area (Å²) in [6.07, 6.45) is 6.52. The minimum absolute atomic E-state index is 0.562. The first-order chi connectivity index (χ1) is 11.0. The van der Waals surface area contributed by atoms with E-state index in [0.29, 0.717) is 12.6 Å². The van der Waals surface area contributed by atoms with Crippen molar-refractivity contribution in [1.82, 2.24) is 20.4 Å². The molecule has 0 bridgehead atoms. The van der Waals surface area contributed by atoms with Crippen LogP contribution in [0, 0.1) is 19.8 Å². The van der Waals surface area contributed by atoms with Gasteiger partial charge in [-0.25, -0.2) is 4.99 Å². The Morgan fingerprint density at radius 1 is 1.22 bits per heavy atom. The second kappa shape index (κ2) is 8.37. The van der Waals surface area contributed by atoms with Gasteiger partial charge in [0.1, 0.15) is 0 Å². The van der Waals surface area contributed by atoms with Gasteiger partial charge in [0.15, 0.2) is 5.96 Å². The Balaban J connectivity index is 1.97. The van der Waals surface area contributed by atoms with Crippen molar-refractivity contribution in [3.63, 3.8) is 0 Å². The third-order valence-corrected chi connectivity index (χ3v) is 5.16. The standard InChI is InChI=1S/C18H33N5/c1-6-15-8-10-16(11-9-15)21-18(19-7-2)20-12-17-13(3)22-23(5)14(17)4/h15-16H,6-12H2,1-5H3,(H2,19,20,21). The number of aliphatic imine (C=N–C) groups is 1. The Kier molecular flexibility index (Phi) is 6.48. The van der Waals surface area contributed by atoms with E-state index in [4.69, 9.17) is 4.99 Å². The van der Waals surface area contributed by atoms with Crippen LogP contribution in [0.2, 0.25) is 0 Å². The Labute approximate surface area is 141 Å². The molecule has 1 heterocycles. The number of nitrogens with zero attached hydrogens (tertiary/aromatic N) is 3. The molecule has 5 heteroatoms. The van der Waals surface area contributed by atoms with Crippen LogP contribution in [0.5, 0.6) is 0 Å². The molecule has 0 spiro atoms. The third kappa shape index (κ3) is 4.72. The zero-order chi connectivity index (χ0) is 16.8. The summed E-state index contributed by atoms with van der Waals surface area (Å²) in [6, 6.07) is 0.562. The maximum absolute atomic E-state index is 4.79. The van der Waals surface area contributed by atoms with Crippen molar-refractivity contribution >= 4 is 5.96 Å². The lowest BCUT2D eigenvalue weighted by molar-refractivity contribution is 0.304. The van der Waals surface area contributed by atoms with E-state index in [1.807, 2.05) is 11.7 Å². The predicted octanol–water partition coefficient (Wildman–Crippen LogP) is 3.06. The summed E-state index contributed by atoms with van der Waals surface area (Å²) in [5.74, 6) is 1.86. The first-order valence-electron chi connectivity index (χ1n) is 9.09. The maximum Gasteiger partial charge on any atom is 0.191 e. The van der Waals surface area contributed by atoms with E-state index in [1.165, 1.54) is 43.4 Å². The number of hydrogen-bond acceptors (Lipinski definition) is 2. The van der Waals surface area contributed by atoms with Gasteiger partial charge in [0.25, 0.3) is 0 Å². The second-order valence-electron chi connectivity index (χ2n) is 6.74. The molecule has 1 aliphatic rings. The molecular formula is C18H33N5. The molecule has 1 fully saturated rings. The molecule has 1 saturated carbocycles. The normalized spacial score (nSPS) is 22.2. The van der Waals surface area contributed by atoms with Crippen LogP contribution in [0.25, 0.3) is 0 Å². The van der Waals surface area contributed by atoms with Gasteiger partial charge in [-0.2, -0.15) is 5.10 Å². The molecule has 130 valence electrons. The van der Waals surface area contributed by atoms with Crippen LogP contribution >= 0.6 is 0 Å². The fraction of sp³-hybridized carbons (Fsp3) is 0.778. The van der Waals surface area contributed by atoms with E-state index in [2.05, 4.69) is 43.4 Å². The first-order valence-corrected chi connectivity index (χ1v) is 9.09. The summed E-state index contributed by atoms with van der Waals surface area (Å²) in [6.45, 7) is 10.2. The molecule has 0 saturated heterocycles. The molecule has 2 N–H and O–H groups in total. The van der Waals surface area contributed by atoms with Gasteiger partial charge in [0, 0.05) is 30.9 Å². The van der Waals surface area contributed by atoms with E-state index in [1.54, 1.807) is 0 Å². The number of hydrogen-bond donors (Lipinski definition) is 2. The van der Waals surface area contributed by atoms with Crippen LogP contribution < -0.4 is 10.6 Å². The van der Waals surface area contributed by atoms with E-state index >= 15 is 0 Å². The van der Waals surface area contributed by atoms with Crippen molar-refractivity contribution in [1.29, 1.82) is 0 Å². The summed E-state index contributed by atoms with van der Waals surface area (Å²) in [4.78, 5) is 4.79. The molecule has 23 heavy (non-hydrogen) atoms. The summed E-state index contributed by atoms with van der Waals surface area (Å²) in [5.41, 5.74) is 3.51. The number of guanidine groups is 1. The number of aromatic nitrogens is 2. The predicted molar refractivity (Wildman–Crippen MR) is 96.7 cm³/mol. The Bertz CT molecular complexity index is 524. The fourth-order valence-electron chi connectivity index (χ4n) is 3.43.